The first-order chi connectivity index (χ1) is 38.5. The standard InChI is InChI=1S/C72H126O6/c1-4-7-10-13-15-17-19-21-23-25-27-29-30-31-32-33-34-35-36-37-38-39-40-41-42-43-45-46-48-50-52-54-56-59-62-65-71(74)77-68-69(67-76-70(73)64-61-58-12-9-6-3)78-72(75)66-63-60-57-55-53-51-49-47-44-28-26-24-22-20-18-16-14-11-8-5-2/h7,10,15,17,21,23,27,29,31-32,34-35,37-38,69H,4-6,8-9,11-14,16,18-20,22,24-26,28,30,33,36,39-68H2,1-3H3/b10-7-,17-15-,23-21-,29-27-,32-31-,35-34-,38-37-. The summed E-state index contributed by atoms with van der Waals surface area (Å²) in [6.45, 7) is 6.48. The highest BCUT2D eigenvalue weighted by atomic mass is 16.6. The molecule has 0 aromatic carbocycles. The molecule has 0 rings (SSSR count). The molecule has 0 saturated carbocycles. The molecular weight excluding hydrogens is 961 g/mol. The van der Waals surface area contributed by atoms with Crippen LogP contribution in [0.2, 0.25) is 0 Å². The fourth-order valence-electron chi connectivity index (χ4n) is 9.66. The summed E-state index contributed by atoms with van der Waals surface area (Å²) in [5.41, 5.74) is 0. The Bertz CT molecular complexity index is 1480. The molecule has 0 saturated heterocycles. The Balaban J connectivity index is 3.97. The summed E-state index contributed by atoms with van der Waals surface area (Å²) in [6, 6.07) is 0. The zero-order valence-corrected chi connectivity index (χ0v) is 51.7. The van der Waals surface area contributed by atoms with Crippen LogP contribution in [-0.2, 0) is 28.6 Å². The first-order valence-electron chi connectivity index (χ1n) is 33.6. The molecule has 0 aromatic rings. The Hall–Kier alpha value is -3.41. The monoisotopic (exact) mass is 1090 g/mol. The van der Waals surface area contributed by atoms with E-state index in [4.69, 9.17) is 14.2 Å². The van der Waals surface area contributed by atoms with Gasteiger partial charge in [0, 0.05) is 19.3 Å². The summed E-state index contributed by atoms with van der Waals surface area (Å²) in [5, 5.41) is 0. The van der Waals surface area contributed by atoms with Crippen molar-refractivity contribution in [3.63, 3.8) is 0 Å². The molecule has 0 aliphatic heterocycles. The number of esters is 3. The highest BCUT2D eigenvalue weighted by molar-refractivity contribution is 5.71. The highest BCUT2D eigenvalue weighted by Gasteiger charge is 2.19. The lowest BCUT2D eigenvalue weighted by Crippen LogP contribution is -2.30. The number of carbonyl (C=O) groups is 3. The van der Waals surface area contributed by atoms with Crippen molar-refractivity contribution >= 4 is 17.9 Å². The van der Waals surface area contributed by atoms with Gasteiger partial charge >= 0.3 is 17.9 Å². The number of ether oxygens (including phenoxy) is 3. The van der Waals surface area contributed by atoms with Gasteiger partial charge < -0.3 is 14.2 Å². The smallest absolute Gasteiger partial charge is 0.306 e. The van der Waals surface area contributed by atoms with Crippen LogP contribution in [0.25, 0.3) is 0 Å². The molecule has 450 valence electrons. The molecule has 6 nitrogen and oxygen atoms in total. The van der Waals surface area contributed by atoms with E-state index < -0.39 is 6.10 Å². The number of hydrogen-bond acceptors (Lipinski definition) is 6. The predicted octanol–water partition coefficient (Wildman–Crippen LogP) is 23.1. The van der Waals surface area contributed by atoms with Gasteiger partial charge in [-0.1, -0.05) is 324 Å². The van der Waals surface area contributed by atoms with Crippen LogP contribution in [0.5, 0.6) is 0 Å². The van der Waals surface area contributed by atoms with Gasteiger partial charge in [-0.05, 0) is 77.0 Å². The molecule has 0 radical (unpaired) electrons. The van der Waals surface area contributed by atoms with E-state index in [-0.39, 0.29) is 31.1 Å². The topological polar surface area (TPSA) is 78.9 Å². The number of unbranched alkanes of at least 4 members (excludes halogenated alkanes) is 36. The largest absolute Gasteiger partial charge is 0.462 e. The van der Waals surface area contributed by atoms with Crippen molar-refractivity contribution in [2.24, 2.45) is 0 Å². The average molecular weight is 1090 g/mol. The number of rotatable bonds is 61. The SMILES string of the molecule is CC/C=C\C/C=C\C/C=C\C/C=C\C/C=C\C/C=C\C/C=C\CCCCCCCCCCCCCCCC(=O)OCC(COC(=O)CCCCCCC)OC(=O)CCCCCCCCCCCCCCCCCCCCCC. The van der Waals surface area contributed by atoms with Crippen molar-refractivity contribution in [3.8, 4) is 0 Å². The zero-order valence-electron chi connectivity index (χ0n) is 51.7. The van der Waals surface area contributed by atoms with Crippen LogP contribution in [0, 0.1) is 0 Å². The third-order valence-corrected chi connectivity index (χ3v) is 14.7. The quantitative estimate of drug-likeness (QED) is 0.0261. The molecule has 0 aromatic heterocycles. The van der Waals surface area contributed by atoms with Crippen LogP contribution in [-0.4, -0.2) is 37.2 Å². The van der Waals surface area contributed by atoms with Gasteiger partial charge in [-0.25, -0.2) is 0 Å². The van der Waals surface area contributed by atoms with E-state index >= 15 is 0 Å². The molecule has 0 bridgehead atoms. The minimum Gasteiger partial charge on any atom is -0.462 e. The molecule has 0 aliphatic rings. The fraction of sp³-hybridized carbons (Fsp3) is 0.764. The molecule has 78 heavy (non-hydrogen) atoms. The third kappa shape index (κ3) is 63.4. The maximum absolute atomic E-state index is 12.8. The lowest BCUT2D eigenvalue weighted by Gasteiger charge is -2.18. The molecule has 6 heteroatoms. The summed E-state index contributed by atoms with van der Waals surface area (Å²) in [7, 11) is 0. The maximum atomic E-state index is 12.8. The first-order valence-corrected chi connectivity index (χ1v) is 33.6. The Morgan fingerprint density at radius 1 is 0.269 bits per heavy atom. The zero-order chi connectivity index (χ0) is 56.4. The highest BCUT2D eigenvalue weighted by Crippen LogP contribution is 2.17. The Morgan fingerprint density at radius 3 is 0.782 bits per heavy atom. The summed E-state index contributed by atoms with van der Waals surface area (Å²) in [4.78, 5) is 37.9. The first kappa shape index (κ1) is 74.6. The van der Waals surface area contributed by atoms with E-state index in [0.29, 0.717) is 19.3 Å². The third-order valence-electron chi connectivity index (χ3n) is 14.7. The minimum atomic E-state index is -0.770. The number of hydrogen-bond donors (Lipinski definition) is 0. The van der Waals surface area contributed by atoms with Crippen LogP contribution in [0.15, 0.2) is 85.1 Å². The lowest BCUT2D eigenvalue weighted by molar-refractivity contribution is -0.167. The fourth-order valence-corrected chi connectivity index (χ4v) is 9.66. The van der Waals surface area contributed by atoms with Gasteiger partial charge in [0.1, 0.15) is 13.2 Å². The molecule has 0 fully saturated rings. The van der Waals surface area contributed by atoms with E-state index in [1.165, 1.54) is 186 Å². The van der Waals surface area contributed by atoms with Gasteiger partial charge in [0.25, 0.3) is 0 Å². The van der Waals surface area contributed by atoms with Gasteiger partial charge in [0.2, 0.25) is 0 Å². The van der Waals surface area contributed by atoms with Crippen LogP contribution in [0.1, 0.15) is 335 Å². The summed E-state index contributed by atoms with van der Waals surface area (Å²) < 4.78 is 16.8. The van der Waals surface area contributed by atoms with E-state index in [2.05, 4.69) is 106 Å². The van der Waals surface area contributed by atoms with Crippen LogP contribution >= 0.6 is 0 Å². The van der Waals surface area contributed by atoms with Gasteiger partial charge in [0.15, 0.2) is 6.10 Å². The molecule has 0 N–H and O–H groups in total. The summed E-state index contributed by atoms with van der Waals surface area (Å²) >= 11 is 0. The molecular formula is C72H126O6. The van der Waals surface area contributed by atoms with Crippen LogP contribution in [0.3, 0.4) is 0 Å². The van der Waals surface area contributed by atoms with E-state index in [1.54, 1.807) is 0 Å². The number of allylic oxidation sites excluding steroid dienone is 14. The predicted molar refractivity (Wildman–Crippen MR) is 339 cm³/mol. The molecule has 0 aliphatic carbocycles. The van der Waals surface area contributed by atoms with Gasteiger partial charge in [-0.3, -0.25) is 14.4 Å². The second-order valence-corrected chi connectivity index (χ2v) is 22.4. The molecule has 0 heterocycles. The summed E-state index contributed by atoms with van der Waals surface area (Å²) in [5.74, 6) is -0.871. The second kappa shape index (κ2) is 66.1. The number of carbonyl (C=O) groups excluding carboxylic acids is 3. The Morgan fingerprint density at radius 2 is 0.500 bits per heavy atom. The van der Waals surface area contributed by atoms with Crippen molar-refractivity contribution in [2.75, 3.05) is 13.2 Å². The van der Waals surface area contributed by atoms with E-state index in [1.807, 2.05) is 0 Å². The summed E-state index contributed by atoms with van der Waals surface area (Å²) in [6.07, 6.45) is 88.0. The van der Waals surface area contributed by atoms with Crippen molar-refractivity contribution in [1.29, 1.82) is 0 Å². The van der Waals surface area contributed by atoms with Gasteiger partial charge in [-0.15, -0.1) is 0 Å². The molecule has 1 unspecified atom stereocenters. The molecule has 1 atom stereocenters. The lowest BCUT2D eigenvalue weighted by atomic mass is 10.0. The van der Waals surface area contributed by atoms with Gasteiger partial charge in [-0.2, -0.15) is 0 Å². The normalized spacial score (nSPS) is 12.6. The second-order valence-electron chi connectivity index (χ2n) is 22.4. The maximum Gasteiger partial charge on any atom is 0.306 e. The van der Waals surface area contributed by atoms with Crippen molar-refractivity contribution < 1.29 is 28.6 Å². The average Bonchev–Trinajstić information content (AvgIpc) is 3.44. The van der Waals surface area contributed by atoms with Gasteiger partial charge in [0.05, 0.1) is 0 Å². The Labute approximate surface area is 484 Å². The molecule has 0 spiro atoms. The van der Waals surface area contributed by atoms with Crippen LogP contribution in [0.4, 0.5) is 0 Å². The van der Waals surface area contributed by atoms with Crippen molar-refractivity contribution in [1.82, 2.24) is 0 Å². The Kier molecular flexibility index (Phi) is 63.2. The minimum absolute atomic E-state index is 0.0722. The van der Waals surface area contributed by atoms with E-state index in [9.17, 15) is 14.4 Å². The van der Waals surface area contributed by atoms with Crippen molar-refractivity contribution in [2.45, 2.75) is 341 Å². The molecule has 0 amide bonds. The van der Waals surface area contributed by atoms with E-state index in [0.717, 1.165) is 109 Å². The van der Waals surface area contributed by atoms with Crippen molar-refractivity contribution in [3.05, 3.63) is 85.1 Å². The van der Waals surface area contributed by atoms with Crippen LogP contribution < -0.4 is 0 Å².